The summed E-state index contributed by atoms with van der Waals surface area (Å²) in [6.45, 7) is 1.95. The molecule has 28 nitrogen and oxygen atoms in total. The van der Waals surface area contributed by atoms with Gasteiger partial charge in [-0.1, -0.05) is 29.0 Å². The molecular formula is C44H37ClN10O18S7. The van der Waals surface area contributed by atoms with E-state index in [-0.39, 0.29) is 129 Å². The molecule has 5 aromatic carbocycles. The van der Waals surface area contributed by atoms with E-state index in [0.717, 1.165) is 57.8 Å². The third-order valence-electron chi connectivity index (χ3n) is 11.4. The van der Waals surface area contributed by atoms with Crippen molar-refractivity contribution in [2.45, 2.75) is 52.9 Å². The maximum atomic E-state index is 12.5. The number of pyridine rings is 1. The van der Waals surface area contributed by atoms with Gasteiger partial charge in [-0.2, -0.15) is 52.5 Å². The van der Waals surface area contributed by atoms with Gasteiger partial charge in [0.1, 0.15) is 39.0 Å². The summed E-state index contributed by atoms with van der Waals surface area (Å²) in [4.78, 5) is 6.98. The van der Waals surface area contributed by atoms with Crippen LogP contribution in [-0.4, -0.2) is 113 Å². The number of nitrogens with zero attached hydrogens (tertiary/aromatic N) is 10. The number of azo groups is 3. The van der Waals surface area contributed by atoms with Crippen LogP contribution in [0.2, 0.25) is 5.02 Å². The van der Waals surface area contributed by atoms with Crippen LogP contribution in [0.5, 0.6) is 11.6 Å². The molecule has 8 aromatic rings. The fourth-order valence-electron chi connectivity index (χ4n) is 7.71. The second-order valence-electron chi connectivity index (χ2n) is 17.0. The van der Waals surface area contributed by atoms with Crippen molar-refractivity contribution in [1.82, 2.24) is 14.4 Å². The maximum absolute atomic E-state index is 12.5. The largest absolute Gasteiger partial charge is 0.493 e. The molecular weight excluding hydrogens is 1220 g/mol. The summed E-state index contributed by atoms with van der Waals surface area (Å²) < 4.78 is 174. The Labute approximate surface area is 465 Å². The van der Waals surface area contributed by atoms with Crippen LogP contribution in [0.1, 0.15) is 35.1 Å². The van der Waals surface area contributed by atoms with E-state index >= 15 is 0 Å². The lowest BCUT2D eigenvalue weighted by Gasteiger charge is -2.12. The van der Waals surface area contributed by atoms with E-state index in [1.54, 1.807) is 6.92 Å². The van der Waals surface area contributed by atoms with Crippen LogP contribution in [0.15, 0.2) is 111 Å². The number of aromatic nitrogens is 3. The van der Waals surface area contributed by atoms with E-state index in [0.29, 0.717) is 5.56 Å². The van der Waals surface area contributed by atoms with Crippen molar-refractivity contribution in [3.63, 3.8) is 0 Å². The van der Waals surface area contributed by atoms with Crippen LogP contribution >= 0.6 is 34.7 Å². The van der Waals surface area contributed by atoms with Gasteiger partial charge in [0.15, 0.2) is 11.3 Å². The second-order valence-corrected chi connectivity index (χ2v) is 26.9. The number of hydrogen-bond acceptors (Lipinski definition) is 24. The molecule has 0 atom stereocenters. The quantitative estimate of drug-likeness (QED) is 0.0161. The average molecular weight is 1250 g/mol. The summed E-state index contributed by atoms with van der Waals surface area (Å²) in [5, 5.41) is 57.9. The van der Waals surface area contributed by atoms with Gasteiger partial charge >= 0.3 is 0 Å². The number of thioether (sulfide) groups is 1. The summed E-state index contributed by atoms with van der Waals surface area (Å²) in [6.07, 6.45) is -0.290. The molecule has 0 aliphatic heterocycles. The minimum atomic E-state index is -4.92. The number of fused-ring (bicyclic) bond motifs is 6. The summed E-state index contributed by atoms with van der Waals surface area (Å²) in [5.41, 5.74) is -0.558. The normalized spacial score (nSPS) is 13.1. The first-order valence-electron chi connectivity index (χ1n) is 22.3. The van der Waals surface area contributed by atoms with Crippen LogP contribution in [0, 0.1) is 25.2 Å². The molecule has 0 saturated carbocycles. The summed E-state index contributed by atoms with van der Waals surface area (Å²) in [6, 6.07) is 13.7. The number of rotatable bonds is 20. The first-order chi connectivity index (χ1) is 37.3. The fourth-order valence-corrected chi connectivity index (χ4v) is 12.9. The predicted molar refractivity (Wildman–Crippen MR) is 290 cm³/mol. The highest BCUT2D eigenvalue weighted by atomic mass is 35.5. The smallest absolute Gasteiger partial charge is 0.296 e. The molecule has 3 aromatic heterocycles. The Balaban J connectivity index is 1.20. The zero-order valence-electron chi connectivity index (χ0n) is 40.6. The van der Waals surface area contributed by atoms with Gasteiger partial charge in [-0.05, 0) is 91.9 Å². The van der Waals surface area contributed by atoms with Gasteiger partial charge in [0.05, 0.1) is 66.8 Å². The van der Waals surface area contributed by atoms with E-state index in [2.05, 4.69) is 40.7 Å². The first-order valence-corrected chi connectivity index (χ1v) is 32.0. The van der Waals surface area contributed by atoms with Crippen LogP contribution in [0.4, 0.5) is 33.6 Å². The van der Waals surface area contributed by atoms with E-state index in [9.17, 15) is 80.3 Å². The molecule has 7 N–H and O–H groups in total. The van der Waals surface area contributed by atoms with Gasteiger partial charge < -0.3 is 14.9 Å². The maximum Gasteiger partial charge on any atom is 0.296 e. The average Bonchev–Trinajstić information content (AvgIpc) is 4.03. The number of benzene rings is 5. The van der Waals surface area contributed by atoms with E-state index in [4.69, 9.17) is 16.3 Å². The van der Waals surface area contributed by atoms with Crippen molar-refractivity contribution < 1.29 is 79.8 Å². The highest BCUT2D eigenvalue weighted by molar-refractivity contribution is 7.99. The van der Waals surface area contributed by atoms with Gasteiger partial charge in [-0.3, -0.25) is 27.2 Å². The molecule has 0 saturated heterocycles. The molecule has 0 spiro atoms. The molecule has 36 heteroatoms. The predicted octanol–water partition coefficient (Wildman–Crippen LogP) is 9.60. The van der Waals surface area contributed by atoms with Gasteiger partial charge in [0.2, 0.25) is 11.0 Å². The van der Waals surface area contributed by atoms with Crippen LogP contribution in [0.3, 0.4) is 0 Å². The molecule has 420 valence electrons. The topological polar surface area (TPSA) is 450 Å². The third kappa shape index (κ3) is 13.2. The van der Waals surface area contributed by atoms with Gasteiger partial charge in [-0.25, -0.2) is 9.97 Å². The van der Waals surface area contributed by atoms with Crippen LogP contribution < -0.4 is 4.74 Å². The number of thiazole rings is 1. The Kier molecular flexibility index (Phi) is 16.8. The monoisotopic (exact) mass is 1250 g/mol. The lowest BCUT2D eigenvalue weighted by Crippen LogP contribution is -2.08. The Morgan fingerprint density at radius 2 is 1.39 bits per heavy atom. The number of aryl methyl sites for hydroxylation is 1. The molecule has 0 unspecified atom stereocenters. The van der Waals surface area contributed by atoms with E-state index in [1.807, 2.05) is 6.07 Å². The van der Waals surface area contributed by atoms with Crippen molar-refractivity contribution in [3.05, 3.63) is 87.9 Å². The zero-order chi connectivity index (χ0) is 58.4. The number of aliphatic hydroxyl groups is 1. The SMILES string of the molecule is Cc1cc(N=Nc2c(C)c(C#N)c3nc4c(Cl)cc(S(=O)(=O)O)cc4n3c2O)c(OCCCS(=O)(=O)O)cc1N=Nc1cc(CO)c(N=Nc2nc3c(S(=O)(=O)O)cc4ccc(S(=O)(=O)O)cc4c3s2)cc1SCCCS(=O)(=O)O. The number of ether oxygens (including phenoxy) is 1. The third-order valence-corrected chi connectivity index (χ3v) is 18.0. The fraction of sp³-hybridized carbons (Fsp3) is 0.205. The second kappa shape index (κ2) is 22.6. The molecule has 0 bridgehead atoms. The number of aromatic hydroxyl groups is 1. The van der Waals surface area contributed by atoms with Crippen molar-refractivity contribution >= 4 is 157 Å². The number of hydrogen-bond donors (Lipinski definition) is 7. The van der Waals surface area contributed by atoms with Gasteiger partial charge in [0.25, 0.3) is 50.6 Å². The number of imidazole rings is 1. The highest BCUT2D eigenvalue weighted by Crippen LogP contribution is 2.45. The van der Waals surface area contributed by atoms with Crippen LogP contribution in [0.25, 0.3) is 37.7 Å². The number of halogens is 1. The van der Waals surface area contributed by atoms with E-state index < -0.39 is 89.3 Å². The number of nitriles is 1. The zero-order valence-corrected chi connectivity index (χ0v) is 47.0. The first kappa shape index (κ1) is 59.4. The summed E-state index contributed by atoms with van der Waals surface area (Å²) in [7, 11) is -23.3. The van der Waals surface area contributed by atoms with E-state index in [1.165, 1.54) is 37.3 Å². The summed E-state index contributed by atoms with van der Waals surface area (Å²) >= 11 is 8.09. The van der Waals surface area contributed by atoms with Crippen molar-refractivity contribution in [2.75, 3.05) is 23.9 Å². The lowest BCUT2D eigenvalue weighted by atomic mass is 10.1. The van der Waals surface area contributed by atoms with Crippen molar-refractivity contribution in [3.8, 4) is 17.7 Å². The Morgan fingerprint density at radius 3 is 2.04 bits per heavy atom. The number of aliphatic hydroxyl groups excluding tert-OH is 1. The summed E-state index contributed by atoms with van der Waals surface area (Å²) in [5.74, 6) is -2.06. The van der Waals surface area contributed by atoms with Crippen molar-refractivity contribution in [2.24, 2.45) is 30.7 Å². The van der Waals surface area contributed by atoms with Gasteiger partial charge in [-0.15, -0.1) is 37.3 Å². The highest BCUT2D eigenvalue weighted by Gasteiger charge is 2.26. The molecule has 0 aliphatic carbocycles. The lowest BCUT2D eigenvalue weighted by molar-refractivity contribution is 0.282. The van der Waals surface area contributed by atoms with Gasteiger partial charge in [0, 0.05) is 27.5 Å². The van der Waals surface area contributed by atoms with Crippen molar-refractivity contribution in [1.29, 1.82) is 5.26 Å². The molecule has 0 fully saturated rings. The molecule has 80 heavy (non-hydrogen) atoms. The standard InChI is InChI=1S/C44H37ClN10O18S7/c1-21-11-32(51-53-38-22(2)28(19-46)42-47-39-29(45)15-26(79(67,68)69)16-34(39)55(42)43(38)57)35(73-7-3-9-76(58,59)60)17-30(21)49-52-33-12-24(20-56)31(18-36(33)74-8-4-10-77(61,62)63)50-54-44-48-40-37(80(70,71)72)13-23-5-6-25(78(64,65)66)14-27(23)41(40)75-44/h5-6,11-18,56-57H,3-4,7-10,20H2,1-2H3,(H,58,59,60)(H,61,62,63)(H,64,65,66)(H,67,68,69)(H,70,71,72). The molecule has 8 rings (SSSR count). The van der Waals surface area contributed by atoms with Crippen LogP contribution in [-0.2, 0) is 57.2 Å². The molecule has 0 aliphatic rings. The Morgan fingerprint density at radius 1 is 0.725 bits per heavy atom. The molecule has 0 amide bonds. The minimum Gasteiger partial charge on any atom is -0.493 e. The molecule has 3 heterocycles. The minimum absolute atomic E-state index is 0.0156. The molecule has 0 radical (unpaired) electrons. The Hall–Kier alpha value is -6.76. The Bertz CT molecular complexity index is 4640.